The van der Waals surface area contributed by atoms with Gasteiger partial charge in [-0.1, -0.05) is 13.3 Å². The summed E-state index contributed by atoms with van der Waals surface area (Å²) >= 11 is 0. The summed E-state index contributed by atoms with van der Waals surface area (Å²) < 4.78 is 5.00. The number of ketones is 1. The van der Waals surface area contributed by atoms with Crippen LogP contribution < -0.4 is 5.73 Å². The minimum absolute atomic E-state index is 0.00815. The summed E-state index contributed by atoms with van der Waals surface area (Å²) in [7, 11) is 0. The Kier molecular flexibility index (Phi) is 5.09. The quantitative estimate of drug-likeness (QED) is 0.654. The van der Waals surface area contributed by atoms with Gasteiger partial charge in [0.25, 0.3) is 0 Å². The van der Waals surface area contributed by atoms with Crippen LogP contribution in [-0.4, -0.2) is 24.5 Å². The molecule has 0 aromatic carbocycles. The summed E-state index contributed by atoms with van der Waals surface area (Å²) in [6.07, 6.45) is 1.64. The lowest BCUT2D eigenvalue weighted by Crippen LogP contribution is -2.46. The molecule has 0 aliphatic heterocycles. The molecule has 0 rings (SSSR count). The van der Waals surface area contributed by atoms with E-state index in [0.717, 1.165) is 12.8 Å². The van der Waals surface area contributed by atoms with Crippen LogP contribution in [-0.2, 0) is 9.53 Å². The van der Waals surface area contributed by atoms with Gasteiger partial charge in [0.1, 0.15) is 6.61 Å². The molecule has 3 nitrogen and oxygen atoms in total. The number of hydrogen-bond acceptors (Lipinski definition) is 3. The Morgan fingerprint density at radius 3 is 2.50 bits per heavy atom. The second-order valence-electron chi connectivity index (χ2n) is 3.23. The summed E-state index contributed by atoms with van der Waals surface area (Å²) in [6.45, 7) is 6.34. The highest BCUT2D eigenvalue weighted by Crippen LogP contribution is 2.09. The number of Topliss-reactive ketones (excluding diaryl/α,β-unsaturated/α-hetero) is 1. The van der Waals surface area contributed by atoms with E-state index in [4.69, 9.17) is 10.5 Å². The molecular formula is C9H19NO2. The number of nitrogens with two attached hydrogens (primary N) is 1. The molecule has 0 radical (unpaired) electrons. The molecule has 72 valence electrons. The zero-order valence-corrected chi connectivity index (χ0v) is 8.22. The maximum absolute atomic E-state index is 11.4. The van der Waals surface area contributed by atoms with Crippen molar-refractivity contribution in [3.05, 3.63) is 0 Å². The Morgan fingerprint density at radius 2 is 2.08 bits per heavy atom. The lowest BCUT2D eigenvalue weighted by Gasteiger charge is -2.21. The van der Waals surface area contributed by atoms with Gasteiger partial charge in [0.15, 0.2) is 5.78 Å². The standard InChI is InChI=1S/C9H19NO2/c1-4-6-9(3,10)8(11)7-12-5-2/h4-7,10H2,1-3H3. The smallest absolute Gasteiger partial charge is 0.177 e. The Balaban J connectivity index is 3.88. The molecular weight excluding hydrogens is 154 g/mol. The van der Waals surface area contributed by atoms with Crippen molar-refractivity contribution in [3.8, 4) is 0 Å². The first-order chi connectivity index (χ1) is 5.54. The molecule has 0 heterocycles. The summed E-state index contributed by atoms with van der Waals surface area (Å²) in [5.74, 6) is -0.00815. The summed E-state index contributed by atoms with van der Waals surface area (Å²) in [4.78, 5) is 11.4. The molecule has 0 aliphatic carbocycles. The molecule has 0 aromatic rings. The van der Waals surface area contributed by atoms with Crippen molar-refractivity contribution in [1.29, 1.82) is 0 Å². The predicted octanol–water partition coefficient (Wildman–Crippen LogP) is 1.11. The molecule has 0 saturated heterocycles. The molecule has 0 bridgehead atoms. The van der Waals surface area contributed by atoms with Gasteiger partial charge in [-0.15, -0.1) is 0 Å². The van der Waals surface area contributed by atoms with Crippen LogP contribution in [0.1, 0.15) is 33.6 Å². The van der Waals surface area contributed by atoms with Crippen LogP contribution in [0.3, 0.4) is 0 Å². The zero-order chi connectivity index (χ0) is 9.61. The summed E-state index contributed by atoms with van der Waals surface area (Å²) in [5, 5.41) is 0. The van der Waals surface area contributed by atoms with Crippen molar-refractivity contribution in [2.24, 2.45) is 5.73 Å². The van der Waals surface area contributed by atoms with E-state index in [1.807, 2.05) is 13.8 Å². The Morgan fingerprint density at radius 1 is 1.50 bits per heavy atom. The van der Waals surface area contributed by atoms with Gasteiger partial charge in [0.2, 0.25) is 0 Å². The van der Waals surface area contributed by atoms with Crippen LogP contribution >= 0.6 is 0 Å². The van der Waals surface area contributed by atoms with E-state index in [1.165, 1.54) is 0 Å². The van der Waals surface area contributed by atoms with Crippen LogP contribution in [0.5, 0.6) is 0 Å². The summed E-state index contributed by atoms with van der Waals surface area (Å²) in [6, 6.07) is 0. The van der Waals surface area contributed by atoms with E-state index in [2.05, 4.69) is 0 Å². The Bertz CT molecular complexity index is 143. The molecule has 0 amide bonds. The van der Waals surface area contributed by atoms with E-state index in [0.29, 0.717) is 6.61 Å². The lowest BCUT2D eigenvalue weighted by atomic mass is 9.93. The third kappa shape index (κ3) is 3.83. The first kappa shape index (κ1) is 11.6. The number of rotatable bonds is 6. The first-order valence-corrected chi connectivity index (χ1v) is 4.44. The average molecular weight is 173 g/mol. The van der Waals surface area contributed by atoms with Crippen LogP contribution in [0.2, 0.25) is 0 Å². The summed E-state index contributed by atoms with van der Waals surface area (Å²) in [5.41, 5.74) is 5.08. The van der Waals surface area contributed by atoms with Crippen LogP contribution in [0.25, 0.3) is 0 Å². The van der Waals surface area contributed by atoms with Crippen molar-refractivity contribution in [1.82, 2.24) is 0 Å². The Labute approximate surface area is 74.3 Å². The van der Waals surface area contributed by atoms with Crippen molar-refractivity contribution in [3.63, 3.8) is 0 Å². The van der Waals surface area contributed by atoms with Gasteiger partial charge in [0.05, 0.1) is 5.54 Å². The fraction of sp³-hybridized carbons (Fsp3) is 0.889. The second-order valence-corrected chi connectivity index (χ2v) is 3.23. The third-order valence-corrected chi connectivity index (χ3v) is 1.84. The van der Waals surface area contributed by atoms with Gasteiger partial charge < -0.3 is 10.5 Å². The minimum Gasteiger partial charge on any atom is -0.374 e. The van der Waals surface area contributed by atoms with Gasteiger partial charge in [-0.05, 0) is 20.3 Å². The molecule has 0 aromatic heterocycles. The number of ether oxygens (including phenoxy) is 1. The van der Waals surface area contributed by atoms with Gasteiger partial charge in [-0.2, -0.15) is 0 Å². The molecule has 1 unspecified atom stereocenters. The maximum Gasteiger partial charge on any atom is 0.177 e. The Hall–Kier alpha value is -0.410. The molecule has 0 saturated carbocycles. The first-order valence-electron chi connectivity index (χ1n) is 4.44. The maximum atomic E-state index is 11.4. The largest absolute Gasteiger partial charge is 0.374 e. The fourth-order valence-corrected chi connectivity index (χ4v) is 1.02. The zero-order valence-electron chi connectivity index (χ0n) is 8.22. The highest BCUT2D eigenvalue weighted by Gasteiger charge is 2.26. The minimum atomic E-state index is -0.704. The monoisotopic (exact) mass is 173 g/mol. The van der Waals surface area contributed by atoms with Gasteiger partial charge >= 0.3 is 0 Å². The number of carbonyl (C=O) groups excluding carboxylic acids is 1. The molecule has 3 heteroatoms. The molecule has 12 heavy (non-hydrogen) atoms. The van der Waals surface area contributed by atoms with Crippen LogP contribution in [0.4, 0.5) is 0 Å². The lowest BCUT2D eigenvalue weighted by molar-refractivity contribution is -0.128. The van der Waals surface area contributed by atoms with Crippen molar-refractivity contribution < 1.29 is 9.53 Å². The normalized spacial score (nSPS) is 15.7. The SMILES string of the molecule is CCCC(C)(N)C(=O)COCC. The number of carbonyl (C=O) groups is 1. The molecule has 0 spiro atoms. The van der Waals surface area contributed by atoms with Gasteiger partial charge in [0, 0.05) is 6.61 Å². The van der Waals surface area contributed by atoms with Crippen molar-refractivity contribution in [2.45, 2.75) is 39.2 Å². The van der Waals surface area contributed by atoms with E-state index >= 15 is 0 Å². The van der Waals surface area contributed by atoms with E-state index < -0.39 is 5.54 Å². The van der Waals surface area contributed by atoms with Gasteiger partial charge in [-0.25, -0.2) is 0 Å². The molecule has 0 aliphatic rings. The highest BCUT2D eigenvalue weighted by molar-refractivity contribution is 5.88. The average Bonchev–Trinajstić information content (AvgIpc) is 2.00. The molecule has 0 fully saturated rings. The fourth-order valence-electron chi connectivity index (χ4n) is 1.02. The van der Waals surface area contributed by atoms with Gasteiger partial charge in [-0.3, -0.25) is 4.79 Å². The topological polar surface area (TPSA) is 52.3 Å². The third-order valence-electron chi connectivity index (χ3n) is 1.84. The second kappa shape index (κ2) is 5.27. The van der Waals surface area contributed by atoms with Crippen LogP contribution in [0.15, 0.2) is 0 Å². The van der Waals surface area contributed by atoms with E-state index in [9.17, 15) is 4.79 Å². The van der Waals surface area contributed by atoms with E-state index in [-0.39, 0.29) is 12.4 Å². The van der Waals surface area contributed by atoms with Crippen LogP contribution in [0, 0.1) is 0 Å². The van der Waals surface area contributed by atoms with E-state index in [1.54, 1.807) is 6.92 Å². The molecule has 2 N–H and O–H groups in total. The predicted molar refractivity (Wildman–Crippen MR) is 49.0 cm³/mol. The number of hydrogen-bond donors (Lipinski definition) is 1. The highest BCUT2D eigenvalue weighted by atomic mass is 16.5. The molecule has 1 atom stereocenters. The van der Waals surface area contributed by atoms with Crippen molar-refractivity contribution >= 4 is 5.78 Å². The van der Waals surface area contributed by atoms with Crippen molar-refractivity contribution in [2.75, 3.05) is 13.2 Å².